The van der Waals surface area contributed by atoms with E-state index in [4.69, 9.17) is 0 Å². The van der Waals surface area contributed by atoms with Gasteiger partial charge in [-0.05, 0) is 48.5 Å². The largest absolute Gasteiger partial charge is 0.378 e. The summed E-state index contributed by atoms with van der Waals surface area (Å²) in [5.74, 6) is 1.72. The molecule has 7 nitrogen and oxygen atoms in total. The first-order valence-corrected chi connectivity index (χ1v) is 9.40. The number of carbonyl (C=O) groups is 1. The van der Waals surface area contributed by atoms with Crippen molar-refractivity contribution in [3.05, 3.63) is 66.5 Å². The molecule has 1 aliphatic heterocycles. The van der Waals surface area contributed by atoms with E-state index in [0.29, 0.717) is 13.1 Å². The average molecular weight is 376 g/mol. The van der Waals surface area contributed by atoms with E-state index in [1.54, 1.807) is 0 Å². The van der Waals surface area contributed by atoms with Crippen LogP contribution in [-0.4, -0.2) is 65.8 Å². The van der Waals surface area contributed by atoms with Crippen LogP contribution in [-0.2, 0) is 0 Å². The standard InChI is InChI=1S/C21H24N6O/c1-24(2)18-7-5-17(6-8-18)21(28)27-15-13-26(14-16-27)20-10-9-19(22-23-20)25-11-3-4-12-25/h3-12H,13-16H2,1-2H3. The predicted octanol–water partition coefficient (Wildman–Crippen LogP) is 2.30. The third kappa shape index (κ3) is 3.69. The number of benzene rings is 1. The van der Waals surface area contributed by atoms with Gasteiger partial charge >= 0.3 is 0 Å². The lowest BCUT2D eigenvalue weighted by Crippen LogP contribution is -2.49. The molecule has 0 spiro atoms. The summed E-state index contributed by atoms with van der Waals surface area (Å²) in [5, 5.41) is 8.67. The Morgan fingerprint density at radius 2 is 1.46 bits per heavy atom. The molecule has 0 N–H and O–H groups in total. The summed E-state index contributed by atoms with van der Waals surface area (Å²) in [7, 11) is 3.98. The Hall–Kier alpha value is -3.35. The number of hydrogen-bond donors (Lipinski definition) is 0. The van der Waals surface area contributed by atoms with Crippen molar-refractivity contribution in [1.29, 1.82) is 0 Å². The van der Waals surface area contributed by atoms with Gasteiger partial charge in [0.1, 0.15) is 0 Å². The van der Waals surface area contributed by atoms with Crippen LogP contribution in [0.1, 0.15) is 10.4 Å². The van der Waals surface area contributed by atoms with E-state index < -0.39 is 0 Å². The maximum atomic E-state index is 12.8. The SMILES string of the molecule is CN(C)c1ccc(C(=O)N2CCN(c3ccc(-n4cccc4)nn3)CC2)cc1. The number of nitrogens with zero attached hydrogens (tertiary/aromatic N) is 6. The quantitative estimate of drug-likeness (QED) is 0.699. The average Bonchev–Trinajstić information content (AvgIpc) is 3.28. The van der Waals surface area contributed by atoms with Gasteiger partial charge < -0.3 is 19.3 Å². The van der Waals surface area contributed by atoms with Gasteiger partial charge in [0.05, 0.1) is 0 Å². The van der Waals surface area contributed by atoms with E-state index >= 15 is 0 Å². The molecule has 3 aromatic rings. The van der Waals surface area contributed by atoms with Crippen LogP contribution in [0.3, 0.4) is 0 Å². The van der Waals surface area contributed by atoms with E-state index in [-0.39, 0.29) is 5.91 Å². The summed E-state index contributed by atoms with van der Waals surface area (Å²) in [6.45, 7) is 2.85. The molecule has 0 saturated carbocycles. The molecule has 0 atom stereocenters. The van der Waals surface area contributed by atoms with Crippen molar-refractivity contribution in [2.24, 2.45) is 0 Å². The van der Waals surface area contributed by atoms with Gasteiger partial charge in [0.15, 0.2) is 11.6 Å². The number of rotatable bonds is 4. The molecule has 0 bridgehead atoms. The maximum absolute atomic E-state index is 12.8. The van der Waals surface area contributed by atoms with Crippen LogP contribution >= 0.6 is 0 Å². The fraction of sp³-hybridized carbons (Fsp3) is 0.286. The predicted molar refractivity (Wildman–Crippen MR) is 110 cm³/mol. The fourth-order valence-corrected chi connectivity index (χ4v) is 3.34. The molecule has 0 unspecified atom stereocenters. The molecule has 1 aliphatic rings. The molecule has 1 saturated heterocycles. The number of piperazine rings is 1. The molecular weight excluding hydrogens is 352 g/mol. The molecule has 7 heteroatoms. The Bertz CT molecular complexity index is 911. The van der Waals surface area contributed by atoms with Gasteiger partial charge in [0, 0.05) is 63.9 Å². The molecule has 1 amide bonds. The van der Waals surface area contributed by atoms with Crippen molar-refractivity contribution < 1.29 is 4.79 Å². The number of aromatic nitrogens is 3. The third-order valence-corrected chi connectivity index (χ3v) is 5.03. The molecule has 1 fully saturated rings. The molecular formula is C21H24N6O. The Kier molecular flexibility index (Phi) is 4.97. The van der Waals surface area contributed by atoms with Crippen LogP contribution in [0, 0.1) is 0 Å². The summed E-state index contributed by atoms with van der Waals surface area (Å²) in [6, 6.07) is 15.6. The van der Waals surface area contributed by atoms with Crippen molar-refractivity contribution >= 4 is 17.4 Å². The third-order valence-electron chi connectivity index (χ3n) is 5.03. The highest BCUT2D eigenvalue weighted by molar-refractivity contribution is 5.94. The van der Waals surface area contributed by atoms with Gasteiger partial charge in [-0.1, -0.05) is 0 Å². The van der Waals surface area contributed by atoms with Gasteiger partial charge in [0.2, 0.25) is 0 Å². The van der Waals surface area contributed by atoms with Crippen molar-refractivity contribution in [2.45, 2.75) is 0 Å². The fourth-order valence-electron chi connectivity index (χ4n) is 3.34. The van der Waals surface area contributed by atoms with E-state index in [9.17, 15) is 4.79 Å². The summed E-state index contributed by atoms with van der Waals surface area (Å²) < 4.78 is 1.93. The number of amides is 1. The summed E-state index contributed by atoms with van der Waals surface area (Å²) in [6.07, 6.45) is 3.89. The topological polar surface area (TPSA) is 57.5 Å². The van der Waals surface area contributed by atoms with Crippen LogP contribution < -0.4 is 9.80 Å². The highest BCUT2D eigenvalue weighted by Gasteiger charge is 2.23. The van der Waals surface area contributed by atoms with Gasteiger partial charge in [0.25, 0.3) is 5.91 Å². The highest BCUT2D eigenvalue weighted by Crippen LogP contribution is 2.17. The zero-order valence-electron chi connectivity index (χ0n) is 16.2. The Balaban J connectivity index is 1.37. The van der Waals surface area contributed by atoms with Gasteiger partial charge in [-0.25, -0.2) is 0 Å². The van der Waals surface area contributed by atoms with E-state index in [0.717, 1.165) is 36.0 Å². The second-order valence-electron chi connectivity index (χ2n) is 7.06. The summed E-state index contributed by atoms with van der Waals surface area (Å²) in [5.41, 5.74) is 1.82. The normalized spacial score (nSPS) is 14.2. The lowest BCUT2D eigenvalue weighted by Gasteiger charge is -2.35. The minimum absolute atomic E-state index is 0.0824. The van der Waals surface area contributed by atoms with Crippen molar-refractivity contribution in [2.75, 3.05) is 50.1 Å². The lowest BCUT2D eigenvalue weighted by molar-refractivity contribution is 0.0746. The molecule has 2 aromatic heterocycles. The molecule has 144 valence electrons. The first-order chi connectivity index (χ1) is 13.6. The molecule has 28 heavy (non-hydrogen) atoms. The van der Waals surface area contributed by atoms with Crippen LogP contribution in [0.5, 0.6) is 0 Å². The smallest absolute Gasteiger partial charge is 0.253 e. The molecule has 4 rings (SSSR count). The molecule has 1 aromatic carbocycles. The summed E-state index contributed by atoms with van der Waals surface area (Å²) in [4.78, 5) is 18.9. The Morgan fingerprint density at radius 1 is 0.857 bits per heavy atom. The maximum Gasteiger partial charge on any atom is 0.253 e. The van der Waals surface area contributed by atoms with E-state index in [1.165, 1.54) is 0 Å². The van der Waals surface area contributed by atoms with Gasteiger partial charge in [-0.3, -0.25) is 4.79 Å². The van der Waals surface area contributed by atoms with Crippen LogP contribution in [0.4, 0.5) is 11.5 Å². The van der Waals surface area contributed by atoms with Crippen molar-refractivity contribution in [3.8, 4) is 5.82 Å². The monoisotopic (exact) mass is 376 g/mol. The van der Waals surface area contributed by atoms with Crippen LogP contribution in [0.25, 0.3) is 5.82 Å². The van der Waals surface area contributed by atoms with Crippen LogP contribution in [0.2, 0.25) is 0 Å². The minimum Gasteiger partial charge on any atom is -0.378 e. The van der Waals surface area contributed by atoms with Gasteiger partial charge in [-0.2, -0.15) is 0 Å². The first-order valence-electron chi connectivity index (χ1n) is 9.40. The molecule has 3 heterocycles. The van der Waals surface area contributed by atoms with E-state index in [2.05, 4.69) is 15.1 Å². The van der Waals surface area contributed by atoms with Gasteiger partial charge in [-0.15, -0.1) is 10.2 Å². The van der Waals surface area contributed by atoms with Crippen molar-refractivity contribution in [3.63, 3.8) is 0 Å². The number of carbonyl (C=O) groups excluding carboxylic acids is 1. The lowest BCUT2D eigenvalue weighted by atomic mass is 10.1. The minimum atomic E-state index is 0.0824. The Labute approximate surface area is 164 Å². The Morgan fingerprint density at radius 3 is 2.04 bits per heavy atom. The number of anilines is 2. The first kappa shape index (κ1) is 18.0. The van der Waals surface area contributed by atoms with Crippen molar-refractivity contribution in [1.82, 2.24) is 19.7 Å². The highest BCUT2D eigenvalue weighted by atomic mass is 16.2. The number of hydrogen-bond acceptors (Lipinski definition) is 5. The summed E-state index contributed by atoms with van der Waals surface area (Å²) >= 11 is 0. The second-order valence-corrected chi connectivity index (χ2v) is 7.06. The van der Waals surface area contributed by atoms with Crippen LogP contribution in [0.15, 0.2) is 60.9 Å². The zero-order valence-corrected chi connectivity index (χ0v) is 16.2. The zero-order chi connectivity index (χ0) is 19.5. The second kappa shape index (κ2) is 7.72. The van der Waals surface area contributed by atoms with E-state index in [1.807, 2.05) is 89.4 Å². The molecule has 0 radical (unpaired) electrons. The molecule has 0 aliphatic carbocycles.